The molecule has 3 heteroatoms. The van der Waals surface area contributed by atoms with Gasteiger partial charge < -0.3 is 11.1 Å². The van der Waals surface area contributed by atoms with Gasteiger partial charge in [0.2, 0.25) is 0 Å². The molecule has 1 aromatic heterocycles. The number of nitrogens with one attached hydrogen (secondary N) is 1. The summed E-state index contributed by atoms with van der Waals surface area (Å²) in [5.74, 6) is 0. The first-order valence-corrected chi connectivity index (χ1v) is 6.26. The Morgan fingerprint density at radius 2 is 2.19 bits per heavy atom. The van der Waals surface area contributed by atoms with E-state index in [0.717, 1.165) is 29.9 Å². The van der Waals surface area contributed by atoms with Gasteiger partial charge in [-0.2, -0.15) is 0 Å². The van der Waals surface area contributed by atoms with Crippen molar-refractivity contribution in [2.75, 3.05) is 17.6 Å². The van der Waals surface area contributed by atoms with Crippen LogP contribution in [0.3, 0.4) is 0 Å². The van der Waals surface area contributed by atoms with E-state index < -0.39 is 0 Å². The highest BCUT2D eigenvalue weighted by Crippen LogP contribution is 2.17. The molecular formula is C13H16N2S. The quantitative estimate of drug-likeness (QED) is 0.794. The third-order valence-corrected chi connectivity index (χ3v) is 3.49. The minimum atomic E-state index is 0.851. The van der Waals surface area contributed by atoms with E-state index in [4.69, 9.17) is 5.73 Å². The summed E-state index contributed by atoms with van der Waals surface area (Å²) in [7, 11) is 0. The van der Waals surface area contributed by atoms with Crippen molar-refractivity contribution in [1.29, 1.82) is 0 Å². The van der Waals surface area contributed by atoms with Crippen LogP contribution in [0.25, 0.3) is 0 Å². The Morgan fingerprint density at radius 1 is 1.31 bits per heavy atom. The summed E-state index contributed by atoms with van der Waals surface area (Å²) in [5.41, 5.74) is 8.89. The number of hydrogen-bond donors (Lipinski definition) is 2. The van der Waals surface area contributed by atoms with Crippen molar-refractivity contribution in [1.82, 2.24) is 0 Å². The summed E-state index contributed by atoms with van der Waals surface area (Å²) in [6.45, 7) is 2.99. The fourth-order valence-corrected chi connectivity index (χ4v) is 2.28. The van der Waals surface area contributed by atoms with Crippen LogP contribution in [-0.4, -0.2) is 6.54 Å². The van der Waals surface area contributed by atoms with Gasteiger partial charge in [0.05, 0.1) is 0 Å². The van der Waals surface area contributed by atoms with Crippen LogP contribution in [0.15, 0.2) is 35.7 Å². The van der Waals surface area contributed by atoms with E-state index in [1.54, 1.807) is 11.3 Å². The summed E-state index contributed by atoms with van der Waals surface area (Å²) in [6, 6.07) is 10.3. The van der Waals surface area contributed by atoms with Gasteiger partial charge in [0, 0.05) is 22.8 Å². The molecule has 2 rings (SSSR count). The molecule has 1 heterocycles. The lowest BCUT2D eigenvalue weighted by Gasteiger charge is -2.07. The van der Waals surface area contributed by atoms with Gasteiger partial charge >= 0.3 is 0 Å². The Hall–Kier alpha value is -1.48. The second kappa shape index (κ2) is 5.03. The van der Waals surface area contributed by atoms with Crippen molar-refractivity contribution >= 4 is 22.7 Å². The average Bonchev–Trinajstić information content (AvgIpc) is 2.76. The number of rotatable bonds is 4. The number of thiophene rings is 1. The molecule has 0 radical (unpaired) electrons. The highest BCUT2D eigenvalue weighted by Gasteiger charge is 1.97. The van der Waals surface area contributed by atoms with Crippen LogP contribution in [0.5, 0.6) is 0 Å². The first-order valence-electron chi connectivity index (χ1n) is 5.38. The van der Waals surface area contributed by atoms with Crippen LogP contribution < -0.4 is 11.1 Å². The Balaban J connectivity index is 1.87. The molecule has 0 aliphatic carbocycles. The van der Waals surface area contributed by atoms with E-state index in [1.807, 2.05) is 19.1 Å². The maximum Gasteiger partial charge on any atom is 0.0345 e. The second-order valence-electron chi connectivity index (χ2n) is 3.83. The number of hydrogen-bond acceptors (Lipinski definition) is 3. The molecule has 2 aromatic rings. The Kier molecular flexibility index (Phi) is 3.47. The predicted octanol–water partition coefficient (Wildman–Crippen LogP) is 3.29. The van der Waals surface area contributed by atoms with Crippen molar-refractivity contribution in [3.63, 3.8) is 0 Å². The maximum absolute atomic E-state index is 5.77. The molecule has 0 amide bonds. The molecule has 0 fully saturated rings. The summed E-state index contributed by atoms with van der Waals surface area (Å²) in [5, 5.41) is 5.52. The van der Waals surface area contributed by atoms with E-state index >= 15 is 0 Å². The van der Waals surface area contributed by atoms with E-state index in [9.17, 15) is 0 Å². The fourth-order valence-electron chi connectivity index (χ4n) is 1.57. The van der Waals surface area contributed by atoms with Crippen molar-refractivity contribution in [2.45, 2.75) is 13.3 Å². The Morgan fingerprint density at radius 3 is 2.88 bits per heavy atom. The zero-order valence-electron chi connectivity index (χ0n) is 9.36. The van der Waals surface area contributed by atoms with Crippen LogP contribution in [0.2, 0.25) is 0 Å². The summed E-state index contributed by atoms with van der Waals surface area (Å²) in [4.78, 5) is 1.42. The zero-order chi connectivity index (χ0) is 11.4. The molecular weight excluding hydrogens is 216 g/mol. The smallest absolute Gasteiger partial charge is 0.0345 e. The molecule has 0 bridgehead atoms. The molecule has 3 N–H and O–H groups in total. The van der Waals surface area contributed by atoms with Gasteiger partial charge in [-0.25, -0.2) is 0 Å². The highest BCUT2D eigenvalue weighted by atomic mass is 32.1. The zero-order valence-corrected chi connectivity index (χ0v) is 10.2. The van der Waals surface area contributed by atoms with Gasteiger partial charge in [0.15, 0.2) is 0 Å². The lowest BCUT2D eigenvalue weighted by Crippen LogP contribution is -2.04. The van der Waals surface area contributed by atoms with E-state index in [2.05, 4.69) is 28.9 Å². The number of benzene rings is 1. The molecule has 0 saturated heterocycles. The summed E-state index contributed by atoms with van der Waals surface area (Å²) in [6.07, 6.45) is 1.07. The molecule has 16 heavy (non-hydrogen) atoms. The highest BCUT2D eigenvalue weighted by molar-refractivity contribution is 7.09. The van der Waals surface area contributed by atoms with Gasteiger partial charge in [0.1, 0.15) is 0 Å². The summed E-state index contributed by atoms with van der Waals surface area (Å²) < 4.78 is 0. The Labute approximate surface area is 100 Å². The largest absolute Gasteiger partial charge is 0.399 e. The molecule has 1 aromatic carbocycles. The van der Waals surface area contributed by atoms with Crippen molar-refractivity contribution in [3.8, 4) is 0 Å². The first kappa shape index (κ1) is 11.0. The lowest BCUT2D eigenvalue weighted by atomic mass is 10.2. The van der Waals surface area contributed by atoms with Gasteiger partial charge in [-0.05, 0) is 48.6 Å². The first-order chi connectivity index (χ1) is 7.75. The molecule has 0 unspecified atom stereocenters. The third-order valence-electron chi connectivity index (χ3n) is 2.55. The molecule has 0 atom stereocenters. The normalized spacial score (nSPS) is 10.3. The van der Waals surface area contributed by atoms with Gasteiger partial charge in [-0.1, -0.05) is 6.07 Å². The molecule has 0 spiro atoms. The number of anilines is 2. The van der Waals surface area contributed by atoms with Gasteiger partial charge in [-0.15, -0.1) is 11.3 Å². The predicted molar refractivity (Wildman–Crippen MR) is 72.1 cm³/mol. The monoisotopic (exact) mass is 232 g/mol. The maximum atomic E-state index is 5.77. The minimum Gasteiger partial charge on any atom is -0.399 e. The molecule has 84 valence electrons. The number of nitrogens with two attached hydrogens (primary N) is 1. The van der Waals surface area contributed by atoms with E-state index in [1.165, 1.54) is 4.88 Å². The summed E-state index contributed by atoms with van der Waals surface area (Å²) >= 11 is 1.80. The SMILES string of the molecule is Cc1cc(NCCc2cccs2)ccc1N. The molecule has 0 saturated carbocycles. The number of aryl methyl sites for hydroxylation is 1. The third kappa shape index (κ3) is 2.76. The fraction of sp³-hybridized carbons (Fsp3) is 0.231. The van der Waals surface area contributed by atoms with E-state index in [0.29, 0.717) is 0 Å². The van der Waals surface area contributed by atoms with Crippen LogP contribution in [0.4, 0.5) is 11.4 Å². The van der Waals surface area contributed by atoms with Crippen LogP contribution in [-0.2, 0) is 6.42 Å². The molecule has 2 nitrogen and oxygen atoms in total. The molecule has 0 aliphatic rings. The van der Waals surface area contributed by atoms with Gasteiger partial charge in [0.25, 0.3) is 0 Å². The Bertz CT molecular complexity index is 449. The second-order valence-corrected chi connectivity index (χ2v) is 4.86. The topological polar surface area (TPSA) is 38.0 Å². The van der Waals surface area contributed by atoms with Crippen molar-refractivity contribution in [3.05, 3.63) is 46.2 Å². The average molecular weight is 232 g/mol. The van der Waals surface area contributed by atoms with E-state index in [-0.39, 0.29) is 0 Å². The van der Waals surface area contributed by atoms with Crippen LogP contribution >= 0.6 is 11.3 Å². The van der Waals surface area contributed by atoms with Crippen LogP contribution in [0, 0.1) is 6.92 Å². The van der Waals surface area contributed by atoms with Crippen LogP contribution in [0.1, 0.15) is 10.4 Å². The van der Waals surface area contributed by atoms with Crippen molar-refractivity contribution < 1.29 is 0 Å². The van der Waals surface area contributed by atoms with Crippen molar-refractivity contribution in [2.24, 2.45) is 0 Å². The number of nitrogen functional groups attached to an aromatic ring is 1. The lowest BCUT2D eigenvalue weighted by molar-refractivity contribution is 1.04. The minimum absolute atomic E-state index is 0.851. The molecule has 0 aliphatic heterocycles. The standard InChI is InChI=1S/C13H16N2S/c1-10-9-11(4-5-13(10)14)15-7-6-12-3-2-8-16-12/h2-5,8-9,15H,6-7,14H2,1H3. The van der Waals surface area contributed by atoms with Gasteiger partial charge in [-0.3, -0.25) is 0 Å².